The van der Waals surface area contributed by atoms with E-state index in [0.717, 1.165) is 11.3 Å². The molecule has 0 aliphatic carbocycles. The quantitative estimate of drug-likeness (QED) is 0.459. The summed E-state index contributed by atoms with van der Waals surface area (Å²) >= 11 is 0. The van der Waals surface area contributed by atoms with Crippen molar-refractivity contribution in [1.29, 1.82) is 0 Å². The highest BCUT2D eigenvalue weighted by molar-refractivity contribution is 5.82. The van der Waals surface area contributed by atoms with E-state index in [1.807, 2.05) is 0 Å². The monoisotopic (exact) mass is 462 g/mol. The molecule has 2 unspecified atom stereocenters. The Hall–Kier alpha value is -4.08. The molecule has 3 aromatic rings. The largest absolute Gasteiger partial charge is 0.364 e. The number of halogens is 1. The van der Waals surface area contributed by atoms with Crippen molar-refractivity contribution < 1.29 is 14.1 Å². The van der Waals surface area contributed by atoms with Gasteiger partial charge >= 0.3 is 0 Å². The lowest BCUT2D eigenvalue weighted by molar-refractivity contribution is -0.384. The third-order valence-corrected chi connectivity index (χ3v) is 6.49. The van der Waals surface area contributed by atoms with Crippen LogP contribution in [0.4, 0.5) is 21.7 Å². The molecule has 1 saturated heterocycles. The highest BCUT2D eigenvalue weighted by Gasteiger charge is 2.42. The zero-order valence-corrected chi connectivity index (χ0v) is 18.3. The number of amides is 1. The van der Waals surface area contributed by atoms with Gasteiger partial charge in [0.2, 0.25) is 11.9 Å². The molecular weight excluding hydrogens is 439 g/mol. The molecule has 2 aliphatic heterocycles. The van der Waals surface area contributed by atoms with E-state index in [9.17, 15) is 19.3 Å². The second-order valence-corrected chi connectivity index (χ2v) is 8.45. The van der Waals surface area contributed by atoms with Crippen LogP contribution in [-0.4, -0.2) is 46.5 Å². The fraction of sp³-hybridized carbons (Fsp3) is 0.292. The van der Waals surface area contributed by atoms with Crippen LogP contribution < -0.4 is 15.1 Å². The number of carbonyl (C=O) groups excluding carboxylic acids is 1. The molecule has 3 heterocycles. The molecule has 2 atom stereocenters. The molecule has 5 rings (SSSR count). The number of fused-ring (bicyclic) bond motifs is 3. The summed E-state index contributed by atoms with van der Waals surface area (Å²) in [5, 5.41) is 14.2. The molecule has 2 aliphatic rings. The van der Waals surface area contributed by atoms with Crippen molar-refractivity contribution in [1.82, 2.24) is 15.3 Å². The minimum absolute atomic E-state index is 0.000892. The van der Waals surface area contributed by atoms with E-state index in [1.165, 1.54) is 12.1 Å². The molecule has 0 spiro atoms. The van der Waals surface area contributed by atoms with Gasteiger partial charge in [0.1, 0.15) is 5.82 Å². The minimum Gasteiger partial charge on any atom is -0.364 e. The first-order valence-corrected chi connectivity index (χ1v) is 11.1. The van der Waals surface area contributed by atoms with Crippen molar-refractivity contribution in [2.24, 2.45) is 5.92 Å². The number of nitrogens with zero attached hydrogens (tertiary/aromatic N) is 5. The Kier molecular flexibility index (Phi) is 5.79. The van der Waals surface area contributed by atoms with Gasteiger partial charge in [0.25, 0.3) is 5.69 Å². The summed E-state index contributed by atoms with van der Waals surface area (Å²) in [6.07, 6.45) is 3.72. The number of hydrogen-bond donors (Lipinski definition) is 1. The molecule has 0 radical (unpaired) electrons. The Morgan fingerprint density at radius 3 is 2.71 bits per heavy atom. The van der Waals surface area contributed by atoms with Crippen LogP contribution in [0.1, 0.15) is 11.1 Å². The third kappa shape index (κ3) is 4.14. The van der Waals surface area contributed by atoms with Crippen LogP contribution in [-0.2, 0) is 17.8 Å². The number of non-ortho nitro benzene ring substituents is 1. The van der Waals surface area contributed by atoms with Crippen molar-refractivity contribution in [2.75, 3.05) is 29.4 Å². The van der Waals surface area contributed by atoms with Gasteiger partial charge in [0.05, 0.1) is 16.9 Å². The fourth-order valence-electron chi connectivity index (χ4n) is 4.81. The van der Waals surface area contributed by atoms with Gasteiger partial charge in [0, 0.05) is 62.0 Å². The summed E-state index contributed by atoms with van der Waals surface area (Å²) in [7, 11) is 0. The summed E-state index contributed by atoms with van der Waals surface area (Å²) in [6, 6.07) is 12.7. The predicted molar refractivity (Wildman–Crippen MR) is 124 cm³/mol. The number of aromatic nitrogens is 2. The molecular formula is C24H23FN6O3. The van der Waals surface area contributed by atoms with Crippen LogP contribution in [0.3, 0.4) is 0 Å². The molecule has 10 heteroatoms. The molecule has 0 saturated carbocycles. The van der Waals surface area contributed by atoms with Gasteiger partial charge in [-0.1, -0.05) is 18.2 Å². The molecule has 9 nitrogen and oxygen atoms in total. The SMILES string of the molecule is O=C(NCc1ccccc1F)C1Cc2cc([N+](=O)[O-])ccc2N2CCN(c3ncccn3)CC12. The summed E-state index contributed by atoms with van der Waals surface area (Å²) in [4.78, 5) is 37.2. The third-order valence-electron chi connectivity index (χ3n) is 6.49. The standard InChI is InChI=1S/C24H23FN6O3/c25-20-5-2-1-4-16(20)14-28-23(32)19-13-17-12-18(31(33)34)6-7-21(17)30-11-10-29(15-22(19)30)24-26-8-3-9-27-24/h1-9,12,19,22H,10-11,13-15H2,(H,28,32). The van der Waals surface area contributed by atoms with Crippen molar-refractivity contribution in [3.8, 4) is 0 Å². The smallest absolute Gasteiger partial charge is 0.269 e. The predicted octanol–water partition coefficient (Wildman–Crippen LogP) is 2.71. The molecule has 174 valence electrons. The van der Waals surface area contributed by atoms with Gasteiger partial charge in [-0.25, -0.2) is 14.4 Å². The first-order valence-electron chi connectivity index (χ1n) is 11.1. The molecule has 1 amide bonds. The highest BCUT2D eigenvalue weighted by Crippen LogP contribution is 2.38. The van der Waals surface area contributed by atoms with E-state index < -0.39 is 10.8 Å². The molecule has 1 N–H and O–H groups in total. The summed E-state index contributed by atoms with van der Waals surface area (Å²) < 4.78 is 14.1. The number of nitrogens with one attached hydrogen (secondary N) is 1. The van der Waals surface area contributed by atoms with Crippen LogP contribution in [0.15, 0.2) is 60.9 Å². The lowest BCUT2D eigenvalue weighted by atomic mass is 9.83. The van der Waals surface area contributed by atoms with Crippen molar-refractivity contribution in [3.63, 3.8) is 0 Å². The first kappa shape index (κ1) is 21.7. The van der Waals surface area contributed by atoms with Crippen LogP contribution in [0, 0.1) is 21.8 Å². The van der Waals surface area contributed by atoms with Gasteiger partial charge in [-0.3, -0.25) is 14.9 Å². The Morgan fingerprint density at radius 2 is 1.94 bits per heavy atom. The Labute approximate surface area is 195 Å². The van der Waals surface area contributed by atoms with Gasteiger partial charge in [-0.05, 0) is 30.2 Å². The average Bonchev–Trinajstić information content (AvgIpc) is 2.87. The number of carbonyl (C=O) groups is 1. The molecule has 1 fully saturated rings. The van der Waals surface area contributed by atoms with Crippen LogP contribution in [0.2, 0.25) is 0 Å². The lowest BCUT2D eigenvalue weighted by Gasteiger charge is -2.49. The fourth-order valence-corrected chi connectivity index (χ4v) is 4.81. The molecule has 1 aromatic heterocycles. The van der Waals surface area contributed by atoms with E-state index in [-0.39, 0.29) is 30.0 Å². The molecule has 2 aromatic carbocycles. The van der Waals surface area contributed by atoms with Crippen LogP contribution in [0.5, 0.6) is 0 Å². The zero-order valence-electron chi connectivity index (χ0n) is 18.3. The Bertz CT molecular complexity index is 1220. The van der Waals surface area contributed by atoms with Gasteiger partial charge in [-0.2, -0.15) is 0 Å². The normalized spacial score (nSPS) is 19.2. The number of rotatable bonds is 5. The first-order chi connectivity index (χ1) is 16.5. The summed E-state index contributed by atoms with van der Waals surface area (Å²) in [5.41, 5.74) is 2.07. The molecule has 0 bridgehead atoms. The van der Waals surface area contributed by atoms with Gasteiger partial charge in [0.15, 0.2) is 0 Å². The average molecular weight is 462 g/mol. The number of benzene rings is 2. The van der Waals surface area contributed by atoms with Crippen molar-refractivity contribution in [3.05, 3.63) is 88.0 Å². The van der Waals surface area contributed by atoms with Crippen LogP contribution in [0.25, 0.3) is 0 Å². The van der Waals surface area contributed by atoms with Gasteiger partial charge < -0.3 is 15.1 Å². The number of piperazine rings is 1. The van der Waals surface area contributed by atoms with E-state index in [4.69, 9.17) is 0 Å². The molecule has 34 heavy (non-hydrogen) atoms. The number of hydrogen-bond acceptors (Lipinski definition) is 7. The maximum atomic E-state index is 14.1. The van der Waals surface area contributed by atoms with Crippen molar-refractivity contribution in [2.45, 2.75) is 19.0 Å². The van der Waals surface area contributed by atoms with Crippen molar-refractivity contribution >= 4 is 23.2 Å². The number of nitro benzene ring substituents is 1. The van der Waals surface area contributed by atoms with E-state index in [1.54, 1.807) is 48.8 Å². The Balaban J connectivity index is 1.44. The van der Waals surface area contributed by atoms with E-state index >= 15 is 0 Å². The summed E-state index contributed by atoms with van der Waals surface area (Å²) in [5.74, 6) is -0.472. The maximum Gasteiger partial charge on any atom is 0.269 e. The van der Waals surface area contributed by atoms with Crippen LogP contribution >= 0.6 is 0 Å². The highest BCUT2D eigenvalue weighted by atomic mass is 19.1. The topological polar surface area (TPSA) is 104 Å². The number of anilines is 2. The Morgan fingerprint density at radius 1 is 1.15 bits per heavy atom. The maximum absolute atomic E-state index is 14.1. The number of nitro groups is 1. The second-order valence-electron chi connectivity index (χ2n) is 8.45. The lowest BCUT2D eigenvalue weighted by Crippen LogP contribution is -2.61. The zero-order chi connectivity index (χ0) is 23.7. The minimum atomic E-state index is -0.479. The van der Waals surface area contributed by atoms with E-state index in [2.05, 4.69) is 25.1 Å². The second kappa shape index (κ2) is 9.05. The summed E-state index contributed by atoms with van der Waals surface area (Å²) in [6.45, 7) is 1.87. The van der Waals surface area contributed by atoms with Gasteiger partial charge in [-0.15, -0.1) is 0 Å². The van der Waals surface area contributed by atoms with E-state index in [0.29, 0.717) is 37.6 Å².